The molecule has 12 heavy (non-hydrogen) atoms. The van der Waals surface area contributed by atoms with Gasteiger partial charge in [0.1, 0.15) is 0 Å². The Labute approximate surface area is 94.4 Å². The fourth-order valence-corrected chi connectivity index (χ4v) is 0.321. The van der Waals surface area contributed by atoms with Crippen LogP contribution in [0.5, 0.6) is 0 Å². The molecule has 0 atom stereocenters. The van der Waals surface area contributed by atoms with Gasteiger partial charge in [0.15, 0.2) is 0 Å². The van der Waals surface area contributed by atoms with Gasteiger partial charge in [0, 0.05) is 0 Å². The van der Waals surface area contributed by atoms with Gasteiger partial charge in [0.05, 0.1) is 0 Å². The van der Waals surface area contributed by atoms with Crippen LogP contribution in [0.25, 0.3) is 0 Å². The largest absolute Gasteiger partial charge is 0.214 e. The molecule has 0 aliphatic carbocycles. The van der Waals surface area contributed by atoms with Crippen LogP contribution in [0.3, 0.4) is 0 Å². The van der Waals surface area contributed by atoms with Crippen molar-refractivity contribution < 1.29 is 17.3 Å². The maximum absolute atomic E-state index is 4.57. The van der Waals surface area contributed by atoms with E-state index in [9.17, 15) is 0 Å². The Morgan fingerprint density at radius 3 is 1.08 bits per heavy atom. The van der Waals surface area contributed by atoms with Gasteiger partial charge in [0.25, 0.3) is 0 Å². The summed E-state index contributed by atoms with van der Waals surface area (Å²) < 4.78 is 0. The molecule has 0 unspecified atom stereocenters. The van der Waals surface area contributed by atoms with Crippen LogP contribution in [-0.2, 0) is 17.3 Å². The molecule has 0 aliphatic rings. The van der Waals surface area contributed by atoms with Gasteiger partial charge in [0.2, 0.25) is 0 Å². The molecule has 0 nitrogen and oxygen atoms in total. The Balaban J connectivity index is -0.0000000122. The molecular weight excluding hydrogens is 257 g/mol. The van der Waals surface area contributed by atoms with Crippen molar-refractivity contribution in [2.75, 3.05) is 0 Å². The second kappa shape index (κ2) is 42.8. The fourth-order valence-electron chi connectivity index (χ4n) is 0.321. The van der Waals surface area contributed by atoms with E-state index in [1.807, 2.05) is 47.6 Å². The minimum atomic E-state index is 0. The third-order valence-corrected chi connectivity index (χ3v) is 0.556. The van der Waals surface area contributed by atoms with Crippen LogP contribution in [0.2, 0.25) is 0 Å². The fraction of sp³-hybridized carbons (Fsp3) is 0. The van der Waals surface area contributed by atoms with Crippen LogP contribution in [0.15, 0.2) is 30.3 Å². The van der Waals surface area contributed by atoms with Crippen LogP contribution >= 0.6 is 9.69 Å². The molecule has 0 N–H and O–H groups in total. The van der Waals surface area contributed by atoms with E-state index in [1.54, 1.807) is 0 Å². The Hall–Kier alpha value is 0.263. The van der Waals surface area contributed by atoms with Crippen LogP contribution in [0.1, 0.15) is 0 Å². The van der Waals surface area contributed by atoms with E-state index in [0.29, 0.717) is 0 Å². The maximum Gasteiger partial charge on any atom is -0.172 e. The molecule has 81 valence electrons. The molecule has 0 heterocycles. The molecule has 0 aliphatic heterocycles. The maximum atomic E-state index is 4.57. The number of hydrogen-bond donors (Lipinski definition) is 0. The zero-order chi connectivity index (χ0) is 5.54. The second-order valence-corrected chi connectivity index (χ2v) is 0.962. The molecule has 1 aromatic rings. The summed E-state index contributed by atoms with van der Waals surface area (Å²) in [7, 11) is 4.57. The third-order valence-electron chi connectivity index (χ3n) is 0.556. The van der Waals surface area contributed by atoms with Gasteiger partial charge in [-0.2, -0.15) is 18.2 Å². The van der Waals surface area contributed by atoms with E-state index in [4.69, 9.17) is 0 Å². The molecule has 0 spiro atoms. The van der Waals surface area contributed by atoms with E-state index in [-0.39, 0.29) is 37.1 Å². The predicted molar refractivity (Wildman–Crippen MR) is 60.0 cm³/mol. The van der Waals surface area contributed by atoms with Crippen LogP contribution in [-0.4, -0.2) is 0 Å². The van der Waals surface area contributed by atoms with Gasteiger partial charge < -0.3 is 37.1 Å². The number of rotatable bonds is 0. The summed E-state index contributed by atoms with van der Waals surface area (Å²) in [5.41, 5.74) is 0. The topological polar surface area (TPSA) is 0 Å². The average Bonchev–Trinajstić information content (AvgIpc) is 2.23. The number of halogens is 1. The molecule has 0 aromatic heterocycles. The Morgan fingerprint density at radius 1 is 0.750 bits per heavy atom. The Bertz CT molecular complexity index is 66.3. The van der Waals surface area contributed by atoms with E-state index in [2.05, 4.69) is 9.69 Å². The van der Waals surface area contributed by atoms with Crippen molar-refractivity contribution in [1.29, 1.82) is 0 Å². The quantitative estimate of drug-likeness (QED) is 0.488. The molecule has 0 radical (unpaired) electrons. The first-order valence-corrected chi connectivity index (χ1v) is 4.04. The molecule has 0 saturated heterocycles. The molecule has 2 heteroatoms. The van der Waals surface area contributed by atoms with E-state index in [0.717, 1.165) is 0 Å². The van der Waals surface area contributed by atoms with Crippen LogP contribution in [0, 0.1) is 37.1 Å². The zero-order valence-corrected chi connectivity index (χ0v) is 11.1. The third kappa shape index (κ3) is 31.8. The van der Waals surface area contributed by atoms with Gasteiger partial charge in [-0.15, -0.1) is 0 Å². The van der Waals surface area contributed by atoms with Crippen molar-refractivity contribution in [3.63, 3.8) is 0 Å². The first kappa shape index (κ1) is 39.7. The van der Waals surface area contributed by atoms with Gasteiger partial charge >= 0.3 is 27.0 Å². The normalized spacial score (nSPS) is 3.83. The minimum absolute atomic E-state index is 0. The molecule has 1 aromatic carbocycles. The van der Waals surface area contributed by atoms with Gasteiger partial charge in [-0.05, 0) is 0 Å². The van der Waals surface area contributed by atoms with Crippen molar-refractivity contribution >= 4 is 9.69 Å². The predicted octanol–water partition coefficient (Wildman–Crippen LogP) is 4.34. The molecule has 0 saturated carbocycles. The van der Waals surface area contributed by atoms with Crippen molar-refractivity contribution in [3.8, 4) is 0 Å². The first-order valence-electron chi connectivity index (χ1n) is 1.80. The first-order chi connectivity index (χ1) is 3.50. The van der Waals surface area contributed by atoms with Crippen LogP contribution < -0.4 is 0 Å². The smallest absolute Gasteiger partial charge is 0.172 e. The van der Waals surface area contributed by atoms with Crippen molar-refractivity contribution in [2.45, 2.75) is 0 Å². The van der Waals surface area contributed by atoms with Gasteiger partial charge in [-0.25, -0.2) is 12.1 Å². The summed E-state index contributed by atoms with van der Waals surface area (Å²) in [6.45, 7) is 0. The average molecular weight is 277 g/mol. The SMILES string of the molecule is [CH3-].[CH3-].[CH3-].[CH3-].[CH3-].[Cl][Ru].c1cc[cH-]c1. The van der Waals surface area contributed by atoms with Crippen LogP contribution in [0.4, 0.5) is 0 Å². The van der Waals surface area contributed by atoms with Gasteiger partial charge in [-0.1, -0.05) is 0 Å². The number of hydrogen-bond acceptors (Lipinski definition) is 0. The summed E-state index contributed by atoms with van der Waals surface area (Å²) in [5.74, 6) is 0. The van der Waals surface area contributed by atoms with E-state index >= 15 is 0 Å². The molecule has 0 bridgehead atoms. The second-order valence-electron chi connectivity index (χ2n) is 0.962. The summed E-state index contributed by atoms with van der Waals surface area (Å²) >= 11 is 1.82. The summed E-state index contributed by atoms with van der Waals surface area (Å²) in [5, 5.41) is 0. The van der Waals surface area contributed by atoms with Crippen molar-refractivity contribution in [3.05, 3.63) is 67.5 Å². The summed E-state index contributed by atoms with van der Waals surface area (Å²) in [4.78, 5) is 0. The standard InChI is InChI=1S/C5H5.5CH3.ClH.Ru/c1-2-4-5-3-1;;;;;;;/h1-5H;5*1H3;1H;/q6*-1;;+1/p-1. The van der Waals surface area contributed by atoms with Crippen molar-refractivity contribution in [1.82, 2.24) is 0 Å². The minimum Gasteiger partial charge on any atom is -0.214 e. The molecule has 0 amide bonds. The zero-order valence-electron chi connectivity index (χ0n) is 8.62. The Morgan fingerprint density at radius 2 is 1.00 bits per heavy atom. The Kier molecular flexibility index (Phi) is 142. The van der Waals surface area contributed by atoms with Crippen molar-refractivity contribution in [2.24, 2.45) is 0 Å². The molecular formula is C10H20ClRu-6. The monoisotopic (exact) mass is 277 g/mol. The van der Waals surface area contributed by atoms with Gasteiger partial charge in [-0.3, -0.25) is 0 Å². The van der Waals surface area contributed by atoms with E-state index < -0.39 is 0 Å². The summed E-state index contributed by atoms with van der Waals surface area (Å²) in [6.07, 6.45) is 0. The summed E-state index contributed by atoms with van der Waals surface area (Å²) in [6, 6.07) is 10.0. The molecule has 0 fully saturated rings. The van der Waals surface area contributed by atoms with E-state index in [1.165, 1.54) is 0 Å². The molecule has 1 rings (SSSR count).